The van der Waals surface area contributed by atoms with Crippen molar-refractivity contribution in [3.63, 3.8) is 0 Å². The largest absolute Gasteiger partial charge is 0.298 e. The molecule has 0 saturated heterocycles. The minimum Gasteiger partial charge on any atom is -0.298 e. The first-order valence-electron chi connectivity index (χ1n) is 5.86. The van der Waals surface area contributed by atoms with Gasteiger partial charge in [0.15, 0.2) is 11.6 Å². The Balaban J connectivity index is 2.21. The number of ketones is 2. The standard InChI is InChI=1S/C14H16O2/c1-8(15)9-6-11-13(2)4-5-14(11,3)12(16)10(9)7-13/h4-6,10-11H,7H2,1-3H3/t10-,11-,13+,14+/m1/s1. The zero-order valence-electron chi connectivity index (χ0n) is 9.91. The van der Waals surface area contributed by atoms with E-state index in [0.717, 1.165) is 12.0 Å². The van der Waals surface area contributed by atoms with E-state index < -0.39 is 0 Å². The van der Waals surface area contributed by atoms with Crippen molar-refractivity contribution in [2.75, 3.05) is 0 Å². The molecule has 0 N–H and O–H groups in total. The molecule has 2 nitrogen and oxygen atoms in total. The summed E-state index contributed by atoms with van der Waals surface area (Å²) in [5.41, 5.74) is 0.497. The van der Waals surface area contributed by atoms with Crippen LogP contribution in [0.5, 0.6) is 0 Å². The number of hydrogen-bond donors (Lipinski definition) is 0. The molecule has 4 aliphatic carbocycles. The van der Waals surface area contributed by atoms with Crippen LogP contribution in [-0.4, -0.2) is 11.6 Å². The van der Waals surface area contributed by atoms with Crippen molar-refractivity contribution < 1.29 is 9.59 Å². The Morgan fingerprint density at radius 2 is 2.06 bits per heavy atom. The smallest absolute Gasteiger partial charge is 0.156 e. The van der Waals surface area contributed by atoms with Crippen molar-refractivity contribution in [2.45, 2.75) is 27.2 Å². The summed E-state index contributed by atoms with van der Waals surface area (Å²) >= 11 is 0. The second kappa shape index (κ2) is 2.55. The second-order valence-electron chi connectivity index (χ2n) is 5.90. The molecule has 0 aliphatic heterocycles. The highest BCUT2D eigenvalue weighted by molar-refractivity contribution is 6.05. The lowest BCUT2D eigenvalue weighted by Gasteiger charge is -2.50. The molecule has 4 aliphatic rings. The molecule has 0 radical (unpaired) electrons. The van der Waals surface area contributed by atoms with Gasteiger partial charge in [0.25, 0.3) is 0 Å². The van der Waals surface area contributed by atoms with Gasteiger partial charge in [-0.3, -0.25) is 9.59 Å². The molecular formula is C14H16O2. The average molecular weight is 216 g/mol. The first kappa shape index (κ1) is 10.0. The van der Waals surface area contributed by atoms with Crippen LogP contribution in [0, 0.1) is 22.7 Å². The number of rotatable bonds is 1. The molecule has 4 bridgehead atoms. The lowest BCUT2D eigenvalue weighted by Crippen LogP contribution is -2.52. The highest BCUT2D eigenvalue weighted by Gasteiger charge is 2.61. The Hall–Kier alpha value is -1.18. The molecule has 4 rings (SSSR count). The fraction of sp³-hybridized carbons (Fsp3) is 0.571. The lowest BCUT2D eigenvalue weighted by molar-refractivity contribution is -0.138. The average Bonchev–Trinajstić information content (AvgIpc) is 2.44. The summed E-state index contributed by atoms with van der Waals surface area (Å²) in [6.45, 7) is 5.79. The summed E-state index contributed by atoms with van der Waals surface area (Å²) in [6.07, 6.45) is 7.13. The van der Waals surface area contributed by atoms with Gasteiger partial charge >= 0.3 is 0 Å². The Bertz CT molecular complexity index is 471. The molecule has 1 saturated carbocycles. The SMILES string of the molecule is CC(=O)C1=C[C@@H]2[C@@]3(C)C=C[C@]2(C)C(=O)[C@@H]1C3. The van der Waals surface area contributed by atoms with Gasteiger partial charge in [0, 0.05) is 17.4 Å². The number of carbonyl (C=O) groups is 2. The molecule has 1 fully saturated rings. The van der Waals surface area contributed by atoms with Crippen molar-refractivity contribution in [2.24, 2.45) is 22.7 Å². The maximum Gasteiger partial charge on any atom is 0.156 e. The number of Topliss-reactive ketones (excluding diaryl/α,β-unsaturated/α-hetero) is 2. The fourth-order valence-electron chi connectivity index (χ4n) is 3.87. The van der Waals surface area contributed by atoms with Crippen LogP contribution in [0.25, 0.3) is 0 Å². The van der Waals surface area contributed by atoms with E-state index in [9.17, 15) is 9.59 Å². The number of hydrogen-bond acceptors (Lipinski definition) is 2. The van der Waals surface area contributed by atoms with E-state index in [-0.39, 0.29) is 34.2 Å². The molecule has 84 valence electrons. The molecule has 0 unspecified atom stereocenters. The van der Waals surface area contributed by atoms with Gasteiger partial charge in [0.2, 0.25) is 0 Å². The van der Waals surface area contributed by atoms with Crippen LogP contribution in [0.1, 0.15) is 27.2 Å². The van der Waals surface area contributed by atoms with Crippen molar-refractivity contribution >= 4 is 11.6 Å². The van der Waals surface area contributed by atoms with E-state index in [0.29, 0.717) is 0 Å². The molecule has 2 heteroatoms. The zero-order valence-corrected chi connectivity index (χ0v) is 9.91. The third-order valence-corrected chi connectivity index (χ3v) is 4.79. The highest BCUT2D eigenvalue weighted by atomic mass is 16.1. The molecule has 0 spiro atoms. The van der Waals surface area contributed by atoms with Crippen LogP contribution in [0.3, 0.4) is 0 Å². The van der Waals surface area contributed by atoms with Crippen molar-refractivity contribution in [3.05, 3.63) is 23.8 Å². The summed E-state index contributed by atoms with van der Waals surface area (Å²) in [7, 11) is 0. The Morgan fingerprint density at radius 1 is 1.38 bits per heavy atom. The van der Waals surface area contributed by atoms with Crippen LogP contribution in [0.15, 0.2) is 23.8 Å². The van der Waals surface area contributed by atoms with E-state index >= 15 is 0 Å². The Kier molecular flexibility index (Phi) is 1.60. The molecule has 4 atom stereocenters. The van der Waals surface area contributed by atoms with Gasteiger partial charge in [0.1, 0.15) is 0 Å². The maximum absolute atomic E-state index is 12.4. The topological polar surface area (TPSA) is 34.1 Å². The van der Waals surface area contributed by atoms with Crippen LogP contribution in [0.2, 0.25) is 0 Å². The van der Waals surface area contributed by atoms with Crippen molar-refractivity contribution in [1.29, 1.82) is 0 Å². The zero-order chi connectivity index (χ0) is 11.7. The van der Waals surface area contributed by atoms with Gasteiger partial charge in [-0.2, -0.15) is 0 Å². The van der Waals surface area contributed by atoms with E-state index in [1.807, 2.05) is 6.92 Å². The molecule has 0 aromatic rings. The molecule has 0 aromatic heterocycles. The molecule has 0 aromatic carbocycles. The quantitative estimate of drug-likeness (QED) is 0.630. The van der Waals surface area contributed by atoms with Crippen LogP contribution in [0.4, 0.5) is 0 Å². The van der Waals surface area contributed by atoms with Crippen molar-refractivity contribution in [3.8, 4) is 0 Å². The van der Waals surface area contributed by atoms with E-state index in [2.05, 4.69) is 25.2 Å². The Labute approximate surface area is 95.4 Å². The predicted octanol–water partition coefficient (Wildman–Crippen LogP) is 2.30. The van der Waals surface area contributed by atoms with Gasteiger partial charge in [-0.1, -0.05) is 25.2 Å². The monoisotopic (exact) mass is 216 g/mol. The fourth-order valence-corrected chi connectivity index (χ4v) is 3.87. The van der Waals surface area contributed by atoms with Crippen LogP contribution in [-0.2, 0) is 9.59 Å². The third-order valence-electron chi connectivity index (χ3n) is 4.79. The van der Waals surface area contributed by atoms with Crippen LogP contribution >= 0.6 is 0 Å². The molecule has 16 heavy (non-hydrogen) atoms. The highest BCUT2D eigenvalue weighted by Crippen LogP contribution is 2.62. The summed E-state index contributed by atoms with van der Waals surface area (Å²) < 4.78 is 0. The second-order valence-corrected chi connectivity index (χ2v) is 5.90. The van der Waals surface area contributed by atoms with E-state index in [1.54, 1.807) is 6.92 Å². The van der Waals surface area contributed by atoms with Crippen molar-refractivity contribution in [1.82, 2.24) is 0 Å². The van der Waals surface area contributed by atoms with Gasteiger partial charge in [-0.05, 0) is 25.7 Å². The minimum absolute atomic E-state index is 0.0642. The molecular weight excluding hydrogens is 200 g/mol. The maximum atomic E-state index is 12.4. The molecule has 0 heterocycles. The van der Waals surface area contributed by atoms with Gasteiger partial charge < -0.3 is 0 Å². The van der Waals surface area contributed by atoms with Gasteiger partial charge in [-0.25, -0.2) is 0 Å². The summed E-state index contributed by atoms with van der Waals surface area (Å²) in [5.74, 6) is 0.342. The third kappa shape index (κ3) is 0.892. The van der Waals surface area contributed by atoms with Gasteiger partial charge in [0.05, 0.1) is 5.41 Å². The van der Waals surface area contributed by atoms with Gasteiger partial charge in [-0.15, -0.1) is 0 Å². The van der Waals surface area contributed by atoms with E-state index in [4.69, 9.17) is 0 Å². The summed E-state index contributed by atoms with van der Waals surface area (Å²) in [4.78, 5) is 23.9. The Morgan fingerprint density at radius 3 is 2.69 bits per heavy atom. The van der Waals surface area contributed by atoms with E-state index in [1.165, 1.54) is 0 Å². The van der Waals surface area contributed by atoms with Crippen LogP contribution < -0.4 is 0 Å². The number of carbonyl (C=O) groups excluding carboxylic acids is 2. The predicted molar refractivity (Wildman–Crippen MR) is 60.7 cm³/mol. The normalized spacial score (nSPS) is 48.4. The lowest BCUT2D eigenvalue weighted by atomic mass is 9.51. The molecule has 0 amide bonds. The number of allylic oxidation sites excluding steroid dienone is 4. The first-order chi connectivity index (χ1) is 7.38. The minimum atomic E-state index is -0.351. The summed E-state index contributed by atoms with van der Waals surface area (Å²) in [5, 5.41) is 0. The first-order valence-corrected chi connectivity index (χ1v) is 5.86. The summed E-state index contributed by atoms with van der Waals surface area (Å²) in [6, 6.07) is 0.